The highest BCUT2D eigenvalue weighted by molar-refractivity contribution is 7.90. The molecule has 0 atom stereocenters. The molecule has 0 saturated heterocycles. The Kier molecular flexibility index (Phi) is 6.10. The van der Waals surface area contributed by atoms with Gasteiger partial charge in [-0.25, -0.2) is 13.4 Å². The van der Waals surface area contributed by atoms with Gasteiger partial charge in [0.15, 0.2) is 18.1 Å². The van der Waals surface area contributed by atoms with E-state index < -0.39 is 32.5 Å². The summed E-state index contributed by atoms with van der Waals surface area (Å²) in [6, 6.07) is 2.76. The number of amides is 1. The van der Waals surface area contributed by atoms with Crippen molar-refractivity contribution in [1.29, 1.82) is 0 Å². The van der Waals surface area contributed by atoms with E-state index in [9.17, 15) is 31.6 Å². The topological polar surface area (TPSA) is 94.3 Å². The number of hydrogen-bond acceptors (Lipinski definition) is 6. The van der Waals surface area contributed by atoms with Crippen molar-refractivity contribution in [3.05, 3.63) is 40.3 Å². The summed E-state index contributed by atoms with van der Waals surface area (Å²) >= 11 is 0.509. The van der Waals surface area contributed by atoms with Crippen LogP contribution in [0.15, 0.2) is 24.5 Å². The van der Waals surface area contributed by atoms with Crippen LogP contribution in [0.25, 0.3) is 10.6 Å². The van der Waals surface area contributed by atoms with Crippen LogP contribution >= 0.6 is 11.3 Å². The molecule has 27 heavy (non-hydrogen) atoms. The third-order valence-corrected chi connectivity index (χ3v) is 5.53. The Bertz CT molecular complexity index is 942. The summed E-state index contributed by atoms with van der Waals surface area (Å²) in [5.74, 6) is -1.32. The predicted octanol–water partition coefficient (Wildman–Crippen LogP) is 1.97. The van der Waals surface area contributed by atoms with Gasteiger partial charge in [0.2, 0.25) is 0 Å². The molecule has 2 aromatic rings. The lowest BCUT2D eigenvalue weighted by molar-refractivity contribution is -0.604. The van der Waals surface area contributed by atoms with Gasteiger partial charge in [-0.2, -0.15) is 17.9 Å². The van der Waals surface area contributed by atoms with Gasteiger partial charge in [-0.3, -0.25) is 4.79 Å². The summed E-state index contributed by atoms with van der Waals surface area (Å²) < 4.78 is 63.1. The first-order chi connectivity index (χ1) is 12.4. The van der Waals surface area contributed by atoms with E-state index in [1.54, 1.807) is 0 Å². The number of thiazole rings is 1. The highest BCUT2D eigenvalue weighted by Crippen LogP contribution is 2.38. The maximum atomic E-state index is 13.4. The predicted molar refractivity (Wildman–Crippen MR) is 92.8 cm³/mol. The van der Waals surface area contributed by atoms with Gasteiger partial charge in [0.1, 0.15) is 19.7 Å². The van der Waals surface area contributed by atoms with E-state index in [4.69, 9.17) is 0 Å². The van der Waals surface area contributed by atoms with Gasteiger partial charge in [0.05, 0.1) is 11.3 Å². The number of hydrogen-bond donors (Lipinski definition) is 0. The SMILES string of the molecule is CCN(CCS(C)(=O)=O)C(=O)c1sc(-c2ccc[n+]([O-])c2)nc1C(F)(F)F. The largest absolute Gasteiger partial charge is 0.619 e. The van der Waals surface area contributed by atoms with E-state index in [1.807, 2.05) is 0 Å². The average Bonchev–Trinajstić information content (AvgIpc) is 2.99. The Morgan fingerprint density at radius 3 is 2.59 bits per heavy atom. The van der Waals surface area contributed by atoms with Crippen LogP contribution in [-0.2, 0) is 16.0 Å². The van der Waals surface area contributed by atoms with Crippen LogP contribution in [0.4, 0.5) is 13.2 Å². The normalized spacial score (nSPS) is 12.2. The number of alkyl halides is 3. The van der Waals surface area contributed by atoms with Crippen molar-refractivity contribution >= 4 is 27.1 Å². The summed E-state index contributed by atoms with van der Waals surface area (Å²) in [7, 11) is -3.39. The molecule has 0 saturated carbocycles. The van der Waals surface area contributed by atoms with Crippen molar-refractivity contribution in [2.24, 2.45) is 0 Å². The standard InChI is InChI=1S/C15H16F3N3O4S2/c1-3-20(7-8-27(2,24)25)14(22)11-12(15(16,17)18)19-13(26-11)10-5-4-6-21(23)9-10/h4-6,9H,3,7-8H2,1-2H3. The second kappa shape index (κ2) is 7.80. The van der Waals surface area contributed by atoms with Crippen molar-refractivity contribution in [2.45, 2.75) is 13.1 Å². The quantitative estimate of drug-likeness (QED) is 0.523. The van der Waals surface area contributed by atoms with E-state index in [0.29, 0.717) is 16.1 Å². The van der Waals surface area contributed by atoms with Crippen molar-refractivity contribution in [3.63, 3.8) is 0 Å². The fraction of sp³-hybridized carbons (Fsp3) is 0.400. The number of carbonyl (C=O) groups excluding carboxylic acids is 1. The highest BCUT2D eigenvalue weighted by Gasteiger charge is 2.40. The zero-order valence-electron chi connectivity index (χ0n) is 14.4. The monoisotopic (exact) mass is 423 g/mol. The molecule has 2 aromatic heterocycles. The fourth-order valence-electron chi connectivity index (χ4n) is 2.18. The molecule has 0 aliphatic rings. The molecule has 2 heterocycles. The molecule has 0 unspecified atom stereocenters. The van der Waals surface area contributed by atoms with Crippen LogP contribution in [0.1, 0.15) is 22.3 Å². The lowest BCUT2D eigenvalue weighted by Crippen LogP contribution is -2.35. The van der Waals surface area contributed by atoms with Gasteiger partial charge in [0.25, 0.3) is 5.91 Å². The maximum Gasteiger partial charge on any atom is 0.435 e. The van der Waals surface area contributed by atoms with Crippen LogP contribution in [0, 0.1) is 5.21 Å². The summed E-state index contributed by atoms with van der Waals surface area (Å²) in [6.07, 6.45) is -1.69. The van der Waals surface area contributed by atoms with E-state index in [-0.39, 0.29) is 29.4 Å². The second-order valence-electron chi connectivity index (χ2n) is 5.66. The summed E-state index contributed by atoms with van der Waals surface area (Å²) in [5, 5.41) is 11.2. The summed E-state index contributed by atoms with van der Waals surface area (Å²) in [4.78, 5) is 16.5. The van der Waals surface area contributed by atoms with Crippen LogP contribution in [-0.4, -0.2) is 49.3 Å². The summed E-state index contributed by atoms with van der Waals surface area (Å²) in [6.45, 7) is 1.34. The molecule has 12 heteroatoms. The van der Waals surface area contributed by atoms with Crippen LogP contribution in [0.5, 0.6) is 0 Å². The average molecular weight is 423 g/mol. The van der Waals surface area contributed by atoms with Crippen LogP contribution in [0.2, 0.25) is 0 Å². The minimum absolute atomic E-state index is 0.0325. The minimum Gasteiger partial charge on any atom is -0.619 e. The third-order valence-electron chi connectivity index (χ3n) is 3.51. The zero-order valence-corrected chi connectivity index (χ0v) is 16.0. The van der Waals surface area contributed by atoms with Gasteiger partial charge in [-0.15, -0.1) is 11.3 Å². The van der Waals surface area contributed by atoms with Gasteiger partial charge < -0.3 is 10.1 Å². The molecule has 0 radical (unpaired) electrons. The lowest BCUT2D eigenvalue weighted by Gasteiger charge is -2.20. The van der Waals surface area contributed by atoms with E-state index in [2.05, 4.69) is 4.98 Å². The Morgan fingerprint density at radius 1 is 1.41 bits per heavy atom. The molecule has 0 spiro atoms. The summed E-state index contributed by atoms with van der Waals surface area (Å²) in [5.41, 5.74) is -1.21. The number of halogens is 3. The number of rotatable bonds is 6. The number of pyridine rings is 1. The van der Waals surface area contributed by atoms with E-state index in [1.165, 1.54) is 19.1 Å². The van der Waals surface area contributed by atoms with E-state index >= 15 is 0 Å². The van der Waals surface area contributed by atoms with Gasteiger partial charge in [0, 0.05) is 25.4 Å². The third kappa shape index (κ3) is 5.39. The van der Waals surface area contributed by atoms with Crippen molar-refractivity contribution < 1.29 is 31.1 Å². The van der Waals surface area contributed by atoms with Gasteiger partial charge in [-0.05, 0) is 13.0 Å². The Hall–Kier alpha value is -2.21. The molecule has 0 aliphatic heterocycles. The molecule has 1 amide bonds. The first kappa shape index (κ1) is 21.1. The molecule has 7 nitrogen and oxygen atoms in total. The van der Waals surface area contributed by atoms with Gasteiger partial charge >= 0.3 is 6.18 Å². The number of carbonyl (C=O) groups is 1. The van der Waals surface area contributed by atoms with Crippen LogP contribution < -0.4 is 4.73 Å². The number of nitrogens with zero attached hydrogens (tertiary/aromatic N) is 3. The van der Waals surface area contributed by atoms with Crippen molar-refractivity contribution in [3.8, 4) is 10.6 Å². The molecule has 148 valence electrons. The molecule has 0 fully saturated rings. The Balaban J connectivity index is 2.46. The highest BCUT2D eigenvalue weighted by atomic mass is 32.2. The smallest absolute Gasteiger partial charge is 0.435 e. The molecule has 0 bridgehead atoms. The Morgan fingerprint density at radius 2 is 2.07 bits per heavy atom. The molecular formula is C15H16F3N3O4S2. The first-order valence-corrected chi connectivity index (χ1v) is 10.5. The number of aromatic nitrogens is 2. The van der Waals surface area contributed by atoms with Crippen molar-refractivity contribution in [1.82, 2.24) is 9.88 Å². The Labute approximate surface area is 157 Å². The number of sulfone groups is 1. The zero-order chi connectivity index (χ0) is 20.4. The van der Waals surface area contributed by atoms with Gasteiger partial charge in [-0.1, -0.05) is 0 Å². The molecule has 0 aromatic carbocycles. The maximum absolute atomic E-state index is 13.4. The lowest BCUT2D eigenvalue weighted by atomic mass is 10.3. The molecular weight excluding hydrogens is 407 g/mol. The van der Waals surface area contributed by atoms with E-state index in [0.717, 1.165) is 23.5 Å². The first-order valence-electron chi connectivity index (χ1n) is 7.66. The van der Waals surface area contributed by atoms with Crippen molar-refractivity contribution in [2.75, 3.05) is 25.1 Å². The fourth-order valence-corrected chi connectivity index (χ4v) is 3.78. The van der Waals surface area contributed by atoms with Crippen LogP contribution in [0.3, 0.4) is 0 Å². The molecule has 2 rings (SSSR count). The molecule has 0 N–H and O–H groups in total. The minimum atomic E-state index is -4.88. The molecule has 0 aliphatic carbocycles. The second-order valence-corrected chi connectivity index (χ2v) is 8.92.